The van der Waals surface area contributed by atoms with Gasteiger partial charge in [-0.3, -0.25) is 0 Å². The normalized spacial score (nSPS) is 11.6. The second kappa shape index (κ2) is 9.38. The molecule has 122 valence electrons. The molecule has 0 aliphatic heterocycles. The summed E-state index contributed by atoms with van der Waals surface area (Å²) in [4.78, 5) is 8.56. The molecule has 1 aromatic rings. The van der Waals surface area contributed by atoms with Gasteiger partial charge in [-0.2, -0.15) is 0 Å². The zero-order chi connectivity index (χ0) is 15.8. The highest BCUT2D eigenvalue weighted by molar-refractivity contribution is 7.15. The summed E-state index contributed by atoms with van der Waals surface area (Å²) in [5, 5.41) is 4.53. The number of anilines is 1. The number of thiazole rings is 1. The van der Waals surface area contributed by atoms with E-state index in [1.54, 1.807) is 18.4 Å². The molecular weight excluding hydrogens is 282 g/mol. The zero-order valence-corrected chi connectivity index (χ0v) is 15.2. The summed E-state index contributed by atoms with van der Waals surface area (Å²) in [6, 6.07) is 0. The van der Waals surface area contributed by atoms with Crippen LogP contribution >= 0.6 is 11.3 Å². The summed E-state index contributed by atoms with van der Waals surface area (Å²) in [5.74, 6) is 1.27. The number of ether oxygens (including phenoxy) is 1. The molecule has 0 spiro atoms. The Morgan fingerprint density at radius 2 is 1.81 bits per heavy atom. The van der Waals surface area contributed by atoms with Gasteiger partial charge in [0.05, 0.1) is 12.3 Å². The summed E-state index contributed by atoms with van der Waals surface area (Å²) >= 11 is 1.80. The van der Waals surface area contributed by atoms with Crippen LogP contribution in [0.5, 0.6) is 0 Å². The van der Waals surface area contributed by atoms with Crippen molar-refractivity contribution in [2.24, 2.45) is 11.8 Å². The van der Waals surface area contributed by atoms with Crippen LogP contribution in [0, 0.1) is 11.8 Å². The molecule has 21 heavy (non-hydrogen) atoms. The van der Waals surface area contributed by atoms with Crippen molar-refractivity contribution in [3.05, 3.63) is 10.6 Å². The molecule has 0 bridgehead atoms. The molecule has 0 aromatic carbocycles. The number of aromatic nitrogens is 1. The lowest BCUT2D eigenvalue weighted by atomic mass is 10.1. The molecule has 0 saturated heterocycles. The van der Waals surface area contributed by atoms with Crippen LogP contribution in [0.25, 0.3) is 0 Å². The highest BCUT2D eigenvalue weighted by atomic mass is 32.1. The Morgan fingerprint density at radius 1 is 1.19 bits per heavy atom. The molecule has 1 heterocycles. The maximum atomic E-state index is 5.30. The van der Waals surface area contributed by atoms with E-state index in [0.29, 0.717) is 18.4 Å². The van der Waals surface area contributed by atoms with Gasteiger partial charge in [-0.05, 0) is 18.4 Å². The van der Waals surface area contributed by atoms with E-state index in [2.05, 4.69) is 44.8 Å². The average molecular weight is 314 g/mol. The summed E-state index contributed by atoms with van der Waals surface area (Å²) in [5.41, 5.74) is 1.08. The van der Waals surface area contributed by atoms with Crippen molar-refractivity contribution < 1.29 is 4.74 Å². The Hall–Kier alpha value is -0.650. The second-order valence-electron chi connectivity index (χ2n) is 6.27. The van der Waals surface area contributed by atoms with Crippen molar-refractivity contribution in [1.29, 1.82) is 0 Å². The summed E-state index contributed by atoms with van der Waals surface area (Å²) in [7, 11) is 1.73. The summed E-state index contributed by atoms with van der Waals surface area (Å²) in [6.07, 6.45) is 0. The van der Waals surface area contributed by atoms with Gasteiger partial charge in [-0.25, -0.2) is 4.98 Å². The Labute approximate surface area is 133 Å². The molecule has 1 aromatic heterocycles. The van der Waals surface area contributed by atoms with Crippen molar-refractivity contribution in [2.75, 3.05) is 31.6 Å². The lowest BCUT2D eigenvalue weighted by molar-refractivity contribution is 0.181. The molecule has 0 fully saturated rings. The van der Waals surface area contributed by atoms with Gasteiger partial charge < -0.3 is 15.0 Å². The molecule has 4 nitrogen and oxygen atoms in total. The van der Waals surface area contributed by atoms with Crippen molar-refractivity contribution in [3.8, 4) is 0 Å². The summed E-state index contributed by atoms with van der Waals surface area (Å²) in [6.45, 7) is 15.7. The standard InChI is InChI=1S/C16H31N3OS/c1-7-17-8-15-14(11-20-6)18-16(21-15)19(9-12(2)3)10-13(4)5/h12-13,17H,7-11H2,1-6H3. The van der Waals surface area contributed by atoms with E-state index in [-0.39, 0.29) is 0 Å². The van der Waals surface area contributed by atoms with Crippen LogP contribution in [0.15, 0.2) is 0 Å². The van der Waals surface area contributed by atoms with Crippen LogP contribution < -0.4 is 10.2 Å². The van der Waals surface area contributed by atoms with E-state index in [4.69, 9.17) is 9.72 Å². The van der Waals surface area contributed by atoms with Crippen LogP contribution in [-0.4, -0.2) is 31.7 Å². The highest BCUT2D eigenvalue weighted by Gasteiger charge is 2.18. The number of nitrogens with one attached hydrogen (secondary N) is 1. The average Bonchev–Trinajstić information content (AvgIpc) is 2.78. The fraction of sp³-hybridized carbons (Fsp3) is 0.812. The van der Waals surface area contributed by atoms with Gasteiger partial charge in [0.25, 0.3) is 0 Å². The molecule has 0 saturated carbocycles. The number of rotatable bonds is 10. The van der Waals surface area contributed by atoms with Gasteiger partial charge in [-0.15, -0.1) is 11.3 Å². The predicted octanol–water partition coefficient (Wildman–Crippen LogP) is 3.52. The van der Waals surface area contributed by atoms with Crippen LogP contribution in [-0.2, 0) is 17.9 Å². The van der Waals surface area contributed by atoms with Gasteiger partial charge in [0.15, 0.2) is 5.13 Å². The first-order valence-electron chi connectivity index (χ1n) is 7.91. The third-order valence-electron chi connectivity index (χ3n) is 3.03. The van der Waals surface area contributed by atoms with E-state index < -0.39 is 0 Å². The van der Waals surface area contributed by atoms with Crippen LogP contribution in [0.2, 0.25) is 0 Å². The minimum atomic E-state index is 0.592. The Bertz CT molecular complexity index is 394. The molecular formula is C16H31N3OS. The quantitative estimate of drug-likeness (QED) is 0.717. The van der Waals surface area contributed by atoms with E-state index in [1.165, 1.54) is 4.88 Å². The van der Waals surface area contributed by atoms with Gasteiger partial charge >= 0.3 is 0 Å². The van der Waals surface area contributed by atoms with Crippen LogP contribution in [0.4, 0.5) is 5.13 Å². The largest absolute Gasteiger partial charge is 0.378 e. The van der Waals surface area contributed by atoms with Gasteiger partial charge in [0.2, 0.25) is 0 Å². The first-order valence-corrected chi connectivity index (χ1v) is 8.72. The molecule has 0 amide bonds. The fourth-order valence-electron chi connectivity index (χ4n) is 2.24. The molecule has 0 unspecified atom stereocenters. The van der Waals surface area contributed by atoms with Gasteiger partial charge in [-0.1, -0.05) is 34.6 Å². The van der Waals surface area contributed by atoms with Crippen LogP contribution in [0.3, 0.4) is 0 Å². The topological polar surface area (TPSA) is 37.4 Å². The third-order valence-corrected chi connectivity index (χ3v) is 4.18. The monoisotopic (exact) mass is 313 g/mol. The zero-order valence-electron chi connectivity index (χ0n) is 14.4. The van der Waals surface area contributed by atoms with Gasteiger partial charge in [0.1, 0.15) is 0 Å². The van der Waals surface area contributed by atoms with E-state index >= 15 is 0 Å². The Morgan fingerprint density at radius 3 is 2.29 bits per heavy atom. The van der Waals surface area contributed by atoms with Crippen molar-refractivity contribution in [2.45, 2.75) is 47.8 Å². The highest BCUT2D eigenvalue weighted by Crippen LogP contribution is 2.28. The third kappa shape index (κ3) is 6.32. The van der Waals surface area contributed by atoms with E-state index in [9.17, 15) is 0 Å². The Balaban J connectivity index is 2.94. The molecule has 1 rings (SSSR count). The number of methoxy groups -OCH3 is 1. The van der Waals surface area contributed by atoms with Crippen molar-refractivity contribution >= 4 is 16.5 Å². The molecule has 1 N–H and O–H groups in total. The number of hydrogen-bond acceptors (Lipinski definition) is 5. The van der Waals surface area contributed by atoms with E-state index in [0.717, 1.165) is 37.0 Å². The SMILES string of the molecule is CCNCc1sc(N(CC(C)C)CC(C)C)nc1COC. The summed E-state index contributed by atoms with van der Waals surface area (Å²) < 4.78 is 5.30. The predicted molar refractivity (Wildman–Crippen MR) is 92.1 cm³/mol. The van der Waals surface area contributed by atoms with Gasteiger partial charge in [0, 0.05) is 31.6 Å². The Kier molecular flexibility index (Phi) is 8.22. The van der Waals surface area contributed by atoms with E-state index in [1.807, 2.05) is 0 Å². The number of hydrogen-bond donors (Lipinski definition) is 1. The first-order chi connectivity index (χ1) is 9.97. The molecule has 0 aliphatic carbocycles. The van der Waals surface area contributed by atoms with Crippen LogP contribution in [0.1, 0.15) is 45.2 Å². The molecule has 0 aliphatic rings. The lowest BCUT2D eigenvalue weighted by Crippen LogP contribution is -2.31. The lowest BCUT2D eigenvalue weighted by Gasteiger charge is -2.25. The minimum absolute atomic E-state index is 0.592. The smallest absolute Gasteiger partial charge is 0.185 e. The maximum Gasteiger partial charge on any atom is 0.185 e. The number of nitrogens with zero attached hydrogens (tertiary/aromatic N) is 2. The second-order valence-corrected chi connectivity index (χ2v) is 7.33. The van der Waals surface area contributed by atoms with Crippen molar-refractivity contribution in [1.82, 2.24) is 10.3 Å². The first kappa shape index (κ1) is 18.4. The molecule has 5 heteroatoms. The maximum absolute atomic E-state index is 5.30. The molecule has 0 atom stereocenters. The molecule has 0 radical (unpaired) electrons. The fourth-order valence-corrected chi connectivity index (χ4v) is 3.29. The minimum Gasteiger partial charge on any atom is -0.378 e. The van der Waals surface area contributed by atoms with Crippen molar-refractivity contribution in [3.63, 3.8) is 0 Å².